The number of benzene rings is 2. The third-order valence-corrected chi connectivity index (χ3v) is 5.17. The van der Waals surface area contributed by atoms with Gasteiger partial charge < -0.3 is 9.64 Å². The van der Waals surface area contributed by atoms with Gasteiger partial charge in [-0.15, -0.1) is 0 Å². The molecule has 0 unspecified atom stereocenters. The lowest BCUT2D eigenvalue weighted by molar-refractivity contribution is -0.118. The molecule has 140 valence electrons. The number of para-hydroxylation sites is 1. The fourth-order valence-corrected chi connectivity index (χ4v) is 3.61. The Bertz CT molecular complexity index is 820. The van der Waals surface area contributed by atoms with Gasteiger partial charge in [-0.2, -0.15) is 0 Å². The number of hydrogen-bond donors (Lipinski definition) is 0. The first-order chi connectivity index (χ1) is 12.4. The largest absolute Gasteiger partial charge is 0.497 e. The van der Waals surface area contributed by atoms with E-state index in [1.54, 1.807) is 36.3 Å². The minimum atomic E-state index is -3.51. The van der Waals surface area contributed by atoms with Crippen molar-refractivity contribution in [1.29, 1.82) is 0 Å². The van der Waals surface area contributed by atoms with Gasteiger partial charge in [-0.3, -0.25) is 9.10 Å². The van der Waals surface area contributed by atoms with Crippen molar-refractivity contribution in [2.24, 2.45) is 0 Å². The lowest BCUT2D eigenvalue weighted by Gasteiger charge is -2.25. The van der Waals surface area contributed by atoms with Gasteiger partial charge >= 0.3 is 0 Å². The van der Waals surface area contributed by atoms with E-state index in [0.29, 0.717) is 18.0 Å². The molecular weight excluding hydrogens is 352 g/mol. The number of carbonyl (C=O) groups excluding carboxylic acids is 1. The van der Waals surface area contributed by atoms with Crippen LogP contribution in [0.2, 0.25) is 0 Å². The first kappa shape index (κ1) is 19.8. The number of rotatable bonds is 8. The van der Waals surface area contributed by atoms with Crippen molar-refractivity contribution in [3.63, 3.8) is 0 Å². The maximum absolute atomic E-state index is 12.6. The maximum Gasteiger partial charge on any atom is 0.232 e. The number of carbonyl (C=O) groups is 1. The normalized spacial score (nSPS) is 11.0. The molecule has 0 radical (unpaired) electrons. The van der Waals surface area contributed by atoms with Crippen LogP contribution in [-0.2, 0) is 14.8 Å². The van der Waals surface area contributed by atoms with Gasteiger partial charge in [0, 0.05) is 25.2 Å². The fraction of sp³-hybridized carbons (Fsp3) is 0.316. The van der Waals surface area contributed by atoms with Crippen molar-refractivity contribution in [1.82, 2.24) is 0 Å². The Kier molecular flexibility index (Phi) is 6.63. The number of methoxy groups -OCH3 is 1. The Morgan fingerprint density at radius 2 is 1.62 bits per heavy atom. The van der Waals surface area contributed by atoms with E-state index in [-0.39, 0.29) is 18.9 Å². The van der Waals surface area contributed by atoms with Crippen LogP contribution in [0, 0.1) is 0 Å². The average Bonchev–Trinajstić information content (AvgIpc) is 2.63. The molecule has 0 aromatic heterocycles. The highest BCUT2D eigenvalue weighted by molar-refractivity contribution is 7.92. The summed E-state index contributed by atoms with van der Waals surface area (Å²) < 4.78 is 30.7. The van der Waals surface area contributed by atoms with Crippen LogP contribution < -0.4 is 13.9 Å². The van der Waals surface area contributed by atoms with Gasteiger partial charge in [0.25, 0.3) is 0 Å². The summed E-state index contributed by atoms with van der Waals surface area (Å²) in [6.45, 7) is 2.49. The van der Waals surface area contributed by atoms with Crippen molar-refractivity contribution < 1.29 is 17.9 Å². The number of amides is 1. The fourth-order valence-electron chi connectivity index (χ4n) is 2.68. The molecule has 0 aliphatic carbocycles. The van der Waals surface area contributed by atoms with E-state index in [9.17, 15) is 13.2 Å². The van der Waals surface area contributed by atoms with Crippen molar-refractivity contribution in [2.45, 2.75) is 13.3 Å². The van der Waals surface area contributed by atoms with Crippen LogP contribution in [0.25, 0.3) is 0 Å². The minimum absolute atomic E-state index is 0.0767. The summed E-state index contributed by atoms with van der Waals surface area (Å²) >= 11 is 0. The van der Waals surface area contributed by atoms with Crippen molar-refractivity contribution in [3.05, 3.63) is 54.6 Å². The molecule has 0 saturated heterocycles. The Hall–Kier alpha value is -2.54. The van der Waals surface area contributed by atoms with E-state index >= 15 is 0 Å². The van der Waals surface area contributed by atoms with Gasteiger partial charge in [0.15, 0.2) is 0 Å². The molecule has 0 aliphatic rings. The van der Waals surface area contributed by atoms with Gasteiger partial charge in [0.2, 0.25) is 15.9 Å². The van der Waals surface area contributed by atoms with Crippen LogP contribution in [0.5, 0.6) is 5.75 Å². The summed E-state index contributed by atoms with van der Waals surface area (Å²) in [5.41, 5.74) is 1.30. The second-order valence-electron chi connectivity index (χ2n) is 5.76. The lowest BCUT2D eigenvalue weighted by atomic mass is 10.2. The van der Waals surface area contributed by atoms with E-state index in [1.807, 2.05) is 37.3 Å². The van der Waals surface area contributed by atoms with E-state index in [1.165, 1.54) is 4.31 Å². The maximum atomic E-state index is 12.6. The van der Waals surface area contributed by atoms with Crippen LogP contribution in [0.1, 0.15) is 13.3 Å². The monoisotopic (exact) mass is 376 g/mol. The zero-order valence-electron chi connectivity index (χ0n) is 15.3. The molecule has 0 fully saturated rings. The molecular formula is C19H24N2O4S. The van der Waals surface area contributed by atoms with Gasteiger partial charge in [-0.05, 0) is 43.3 Å². The second-order valence-corrected chi connectivity index (χ2v) is 7.66. The molecule has 2 rings (SSSR count). The highest BCUT2D eigenvalue weighted by Gasteiger charge is 2.21. The summed E-state index contributed by atoms with van der Waals surface area (Å²) in [5, 5.41) is 0. The smallest absolute Gasteiger partial charge is 0.232 e. The van der Waals surface area contributed by atoms with Crippen LogP contribution >= 0.6 is 0 Å². The summed E-state index contributed by atoms with van der Waals surface area (Å²) in [6.07, 6.45) is 1.22. The highest BCUT2D eigenvalue weighted by Crippen LogP contribution is 2.22. The van der Waals surface area contributed by atoms with Crippen LogP contribution in [-0.4, -0.2) is 40.8 Å². The van der Waals surface area contributed by atoms with E-state index in [4.69, 9.17) is 4.74 Å². The second kappa shape index (κ2) is 8.71. The van der Waals surface area contributed by atoms with Crippen LogP contribution in [0.15, 0.2) is 54.6 Å². The van der Waals surface area contributed by atoms with Crippen molar-refractivity contribution in [2.75, 3.05) is 35.7 Å². The molecule has 0 aliphatic heterocycles. The quantitative estimate of drug-likeness (QED) is 0.710. The van der Waals surface area contributed by atoms with Crippen LogP contribution in [0.3, 0.4) is 0 Å². The molecule has 7 heteroatoms. The summed E-state index contributed by atoms with van der Waals surface area (Å²) in [7, 11) is -1.96. The molecule has 0 spiro atoms. The number of sulfonamides is 1. The van der Waals surface area contributed by atoms with Gasteiger partial charge in [-0.1, -0.05) is 18.2 Å². The van der Waals surface area contributed by atoms with Gasteiger partial charge in [0.05, 0.1) is 19.1 Å². The molecule has 0 N–H and O–H groups in total. The van der Waals surface area contributed by atoms with Gasteiger partial charge in [-0.25, -0.2) is 8.42 Å². The topological polar surface area (TPSA) is 66.9 Å². The number of anilines is 2. The Morgan fingerprint density at radius 3 is 2.12 bits per heavy atom. The highest BCUT2D eigenvalue weighted by atomic mass is 32.2. The third-order valence-electron chi connectivity index (χ3n) is 3.97. The number of ether oxygens (including phenoxy) is 1. The molecule has 0 bridgehead atoms. The Labute approximate surface area is 155 Å². The SMILES string of the molecule is CCN(C(=O)CCN(c1ccc(OC)cc1)S(C)(=O)=O)c1ccccc1. The molecule has 26 heavy (non-hydrogen) atoms. The lowest BCUT2D eigenvalue weighted by Crippen LogP contribution is -2.36. The average molecular weight is 376 g/mol. The molecule has 2 aromatic carbocycles. The molecule has 0 atom stereocenters. The summed E-state index contributed by atoms with van der Waals surface area (Å²) in [5.74, 6) is 0.514. The number of hydrogen-bond acceptors (Lipinski definition) is 4. The third kappa shape index (κ3) is 4.98. The number of nitrogens with zero attached hydrogens (tertiary/aromatic N) is 2. The van der Waals surface area contributed by atoms with E-state index in [0.717, 1.165) is 11.9 Å². The van der Waals surface area contributed by atoms with Crippen LogP contribution in [0.4, 0.5) is 11.4 Å². The van der Waals surface area contributed by atoms with Crippen molar-refractivity contribution >= 4 is 27.3 Å². The standard InChI is InChI=1S/C19H24N2O4S/c1-4-20(16-8-6-5-7-9-16)19(22)14-15-21(26(3,23)24)17-10-12-18(25-2)13-11-17/h5-13H,4,14-15H2,1-3H3. The summed E-state index contributed by atoms with van der Waals surface area (Å²) in [6, 6.07) is 16.1. The van der Waals surface area contributed by atoms with E-state index < -0.39 is 10.0 Å². The Morgan fingerprint density at radius 1 is 1.00 bits per heavy atom. The predicted octanol–water partition coefficient (Wildman–Crippen LogP) is 2.90. The van der Waals surface area contributed by atoms with Crippen molar-refractivity contribution in [3.8, 4) is 5.75 Å². The minimum Gasteiger partial charge on any atom is -0.497 e. The predicted molar refractivity (Wildman–Crippen MR) is 104 cm³/mol. The molecule has 2 aromatic rings. The first-order valence-electron chi connectivity index (χ1n) is 8.34. The molecule has 6 nitrogen and oxygen atoms in total. The van der Waals surface area contributed by atoms with E-state index in [2.05, 4.69) is 0 Å². The first-order valence-corrected chi connectivity index (χ1v) is 10.2. The summed E-state index contributed by atoms with van der Waals surface area (Å²) in [4.78, 5) is 14.3. The zero-order chi connectivity index (χ0) is 19.2. The zero-order valence-corrected chi connectivity index (χ0v) is 16.1. The molecule has 1 amide bonds. The molecule has 0 heterocycles. The van der Waals surface area contributed by atoms with Gasteiger partial charge in [0.1, 0.15) is 5.75 Å². The Balaban J connectivity index is 2.15. The molecule has 0 saturated carbocycles.